The maximum atomic E-state index is 13.7. The first-order valence-electron chi connectivity index (χ1n) is 12.2. The summed E-state index contributed by atoms with van der Waals surface area (Å²) in [5.41, 5.74) is 3.84. The van der Waals surface area contributed by atoms with Gasteiger partial charge in [-0.05, 0) is 73.5 Å². The van der Waals surface area contributed by atoms with Crippen LogP contribution in [-0.2, 0) is 14.3 Å². The molecule has 37 heavy (non-hydrogen) atoms. The summed E-state index contributed by atoms with van der Waals surface area (Å²) in [6, 6.07) is 21.8. The lowest BCUT2D eigenvalue weighted by atomic mass is 9.89. The molecule has 2 amide bonds. The van der Waals surface area contributed by atoms with Crippen LogP contribution < -0.4 is 15.1 Å². The molecule has 1 heterocycles. The fraction of sp³-hybridized carbons (Fsp3) is 0.276. The molecule has 1 aliphatic heterocycles. The summed E-state index contributed by atoms with van der Waals surface area (Å²) >= 11 is 6.08. The third kappa shape index (κ3) is 5.78. The van der Waals surface area contributed by atoms with Crippen molar-refractivity contribution >= 4 is 46.4 Å². The molecule has 0 spiro atoms. The second kappa shape index (κ2) is 11.5. The van der Waals surface area contributed by atoms with Crippen molar-refractivity contribution in [3.63, 3.8) is 0 Å². The molecule has 0 aromatic heterocycles. The number of hydrogen-bond donors (Lipinski definition) is 1. The van der Waals surface area contributed by atoms with Crippen LogP contribution in [-0.4, -0.2) is 37.5 Å². The molecule has 2 atom stereocenters. The van der Waals surface area contributed by atoms with Gasteiger partial charge in [-0.15, -0.1) is 0 Å². The molecule has 7 nitrogen and oxygen atoms in total. The van der Waals surface area contributed by atoms with Crippen molar-refractivity contribution in [2.75, 3.05) is 28.8 Å². The highest BCUT2D eigenvalue weighted by atomic mass is 35.5. The van der Waals surface area contributed by atoms with Crippen LogP contribution >= 0.6 is 11.6 Å². The minimum atomic E-state index is -0.283. The van der Waals surface area contributed by atoms with Crippen LogP contribution in [0.2, 0.25) is 5.02 Å². The fourth-order valence-electron chi connectivity index (χ4n) is 4.80. The van der Waals surface area contributed by atoms with Crippen molar-refractivity contribution in [3.8, 4) is 0 Å². The van der Waals surface area contributed by atoms with Crippen molar-refractivity contribution in [1.82, 2.24) is 0 Å². The second-order valence-corrected chi connectivity index (χ2v) is 9.47. The highest BCUT2D eigenvalue weighted by molar-refractivity contribution is 6.30. The van der Waals surface area contributed by atoms with Crippen LogP contribution in [0.4, 0.5) is 17.1 Å². The smallest absolute Gasteiger partial charge is 0.307 e. The number of carbonyl (C=O) groups is 3. The summed E-state index contributed by atoms with van der Waals surface area (Å²) in [6.07, 6.45) is 0.839. The number of carbonyl (C=O) groups excluding carboxylic acids is 3. The summed E-state index contributed by atoms with van der Waals surface area (Å²) in [5, 5.41) is 3.76. The topological polar surface area (TPSA) is 79.0 Å². The van der Waals surface area contributed by atoms with Gasteiger partial charge in [0.05, 0.1) is 19.6 Å². The molecule has 3 aromatic carbocycles. The van der Waals surface area contributed by atoms with Crippen LogP contribution in [0.3, 0.4) is 0 Å². The molecular formula is C29H30ClN3O4. The van der Waals surface area contributed by atoms with Crippen molar-refractivity contribution in [1.29, 1.82) is 0 Å². The summed E-state index contributed by atoms with van der Waals surface area (Å²) in [5.74, 6) is -0.473. The Morgan fingerprint density at radius 1 is 1.03 bits per heavy atom. The van der Waals surface area contributed by atoms with E-state index < -0.39 is 0 Å². The van der Waals surface area contributed by atoms with E-state index in [2.05, 4.69) is 10.1 Å². The molecule has 0 radical (unpaired) electrons. The lowest BCUT2D eigenvalue weighted by molar-refractivity contribution is -0.140. The molecule has 192 valence electrons. The van der Waals surface area contributed by atoms with Crippen LogP contribution in [0, 0.1) is 0 Å². The summed E-state index contributed by atoms with van der Waals surface area (Å²) in [6.45, 7) is 4.00. The average Bonchev–Trinajstić information content (AvgIpc) is 2.89. The van der Waals surface area contributed by atoms with Gasteiger partial charge >= 0.3 is 5.97 Å². The largest absolute Gasteiger partial charge is 0.469 e. The van der Waals surface area contributed by atoms with Gasteiger partial charge in [-0.25, -0.2) is 0 Å². The van der Waals surface area contributed by atoms with Crippen LogP contribution in [0.5, 0.6) is 0 Å². The number of hydrogen-bond acceptors (Lipinski definition) is 5. The zero-order chi connectivity index (χ0) is 26.5. The molecule has 0 fully saturated rings. The van der Waals surface area contributed by atoms with Crippen LogP contribution in [0.25, 0.3) is 0 Å². The molecule has 0 bridgehead atoms. The average molecular weight is 520 g/mol. The van der Waals surface area contributed by atoms with Gasteiger partial charge in [0.1, 0.15) is 0 Å². The molecule has 1 aliphatic rings. The quantitative estimate of drug-likeness (QED) is 0.396. The Morgan fingerprint density at radius 3 is 2.35 bits per heavy atom. The molecule has 0 saturated heterocycles. The molecule has 0 saturated carbocycles. The predicted molar refractivity (Wildman–Crippen MR) is 146 cm³/mol. The number of esters is 1. The zero-order valence-electron chi connectivity index (χ0n) is 21.1. The first-order valence-corrected chi connectivity index (χ1v) is 12.6. The van der Waals surface area contributed by atoms with Crippen LogP contribution in [0.15, 0.2) is 72.8 Å². The predicted octanol–water partition coefficient (Wildman–Crippen LogP) is 5.85. The number of para-hydroxylation sites is 1. The number of anilines is 3. The molecule has 0 unspecified atom stereocenters. The van der Waals surface area contributed by atoms with E-state index in [1.54, 1.807) is 36.1 Å². The lowest BCUT2D eigenvalue weighted by Crippen LogP contribution is -2.47. The second-order valence-electron chi connectivity index (χ2n) is 9.03. The molecule has 0 aliphatic carbocycles. The van der Waals surface area contributed by atoms with Crippen molar-refractivity contribution < 1.29 is 19.1 Å². The highest BCUT2D eigenvalue weighted by Gasteiger charge is 2.38. The lowest BCUT2D eigenvalue weighted by Gasteiger charge is -2.43. The van der Waals surface area contributed by atoms with Gasteiger partial charge in [0, 0.05) is 47.2 Å². The van der Waals surface area contributed by atoms with E-state index in [4.69, 9.17) is 11.6 Å². The number of benzene rings is 3. The Morgan fingerprint density at radius 2 is 1.70 bits per heavy atom. The minimum Gasteiger partial charge on any atom is -0.469 e. The zero-order valence-corrected chi connectivity index (χ0v) is 21.9. The number of methoxy groups -OCH3 is 1. The monoisotopic (exact) mass is 519 g/mol. The number of rotatable bonds is 7. The number of nitrogens with zero attached hydrogens (tertiary/aromatic N) is 2. The van der Waals surface area contributed by atoms with E-state index in [0.717, 1.165) is 22.6 Å². The van der Waals surface area contributed by atoms with E-state index in [1.807, 2.05) is 60.4 Å². The van der Waals surface area contributed by atoms with E-state index in [0.29, 0.717) is 23.6 Å². The standard InChI is InChI=1S/C29H30ClN3O4/c1-19-18-27(33(20(2)34)24-14-10-22(30)11-15-24)25-6-4-5-7-26(25)32(19)29(36)21-8-12-23(13-9-21)31-17-16-28(35)37-3/h4-15,19,27,31H,16-18H2,1-3H3/t19-,27+/m0/s1. The third-order valence-electron chi connectivity index (χ3n) is 6.55. The first-order chi connectivity index (χ1) is 17.8. The summed E-state index contributed by atoms with van der Waals surface area (Å²) in [7, 11) is 1.36. The molecular weight excluding hydrogens is 490 g/mol. The molecule has 4 rings (SSSR count). The Kier molecular flexibility index (Phi) is 8.14. The normalized spacial score (nSPS) is 16.5. The maximum absolute atomic E-state index is 13.7. The van der Waals surface area contributed by atoms with Gasteiger partial charge in [-0.3, -0.25) is 14.4 Å². The van der Waals surface area contributed by atoms with Crippen molar-refractivity contribution in [3.05, 3.63) is 88.9 Å². The maximum Gasteiger partial charge on any atom is 0.307 e. The van der Waals surface area contributed by atoms with Gasteiger partial charge in [0.25, 0.3) is 5.91 Å². The molecule has 8 heteroatoms. The number of nitrogens with one attached hydrogen (secondary N) is 1. The van der Waals surface area contributed by atoms with Gasteiger partial charge in [0.15, 0.2) is 0 Å². The fourth-order valence-corrected chi connectivity index (χ4v) is 4.93. The summed E-state index contributed by atoms with van der Waals surface area (Å²) in [4.78, 5) is 41.4. The Hall–Kier alpha value is -3.84. The highest BCUT2D eigenvalue weighted by Crippen LogP contribution is 2.42. The van der Waals surface area contributed by atoms with Gasteiger partial charge in [-0.2, -0.15) is 0 Å². The Bertz CT molecular complexity index is 1280. The third-order valence-corrected chi connectivity index (χ3v) is 6.80. The minimum absolute atomic E-state index is 0.0793. The van der Waals surface area contributed by atoms with Gasteiger partial charge in [-0.1, -0.05) is 29.8 Å². The van der Waals surface area contributed by atoms with Gasteiger partial charge in [0.2, 0.25) is 5.91 Å². The SMILES string of the molecule is COC(=O)CCNc1ccc(C(=O)N2c3ccccc3[C@H](N(C(C)=O)c3ccc(Cl)cc3)C[C@@H]2C)cc1. The van der Waals surface area contributed by atoms with E-state index >= 15 is 0 Å². The number of halogens is 1. The van der Waals surface area contributed by atoms with E-state index in [9.17, 15) is 14.4 Å². The van der Waals surface area contributed by atoms with E-state index in [1.165, 1.54) is 7.11 Å². The first kappa shape index (κ1) is 26.2. The molecule has 3 aromatic rings. The summed E-state index contributed by atoms with van der Waals surface area (Å²) < 4.78 is 4.65. The molecule has 1 N–H and O–H groups in total. The number of amides is 2. The van der Waals surface area contributed by atoms with E-state index in [-0.39, 0.29) is 36.3 Å². The Labute approximate surface area is 222 Å². The van der Waals surface area contributed by atoms with Gasteiger partial charge < -0.3 is 19.9 Å². The van der Waals surface area contributed by atoms with Crippen molar-refractivity contribution in [2.24, 2.45) is 0 Å². The Balaban J connectivity index is 1.60. The van der Waals surface area contributed by atoms with Crippen LogP contribution in [0.1, 0.15) is 48.7 Å². The number of ether oxygens (including phenoxy) is 1. The number of fused-ring (bicyclic) bond motifs is 1. The van der Waals surface area contributed by atoms with Crippen molar-refractivity contribution in [2.45, 2.75) is 38.8 Å².